The molecule has 2 aromatic carbocycles. The van der Waals surface area contributed by atoms with E-state index in [1.165, 1.54) is 23.5 Å². The first kappa shape index (κ1) is 21.4. The highest BCUT2D eigenvalue weighted by atomic mass is 35.5. The summed E-state index contributed by atoms with van der Waals surface area (Å²) < 4.78 is 23.2. The van der Waals surface area contributed by atoms with Crippen LogP contribution in [0.25, 0.3) is 10.6 Å². The van der Waals surface area contributed by atoms with Gasteiger partial charge < -0.3 is 4.90 Å². The van der Waals surface area contributed by atoms with Crippen molar-refractivity contribution in [2.24, 2.45) is 5.14 Å². The highest BCUT2D eigenvalue weighted by Crippen LogP contribution is 2.30. The fourth-order valence-corrected chi connectivity index (χ4v) is 4.53. The van der Waals surface area contributed by atoms with Gasteiger partial charge in [-0.15, -0.1) is 11.3 Å². The van der Waals surface area contributed by atoms with Crippen molar-refractivity contribution in [2.75, 3.05) is 7.05 Å². The van der Waals surface area contributed by atoms with Gasteiger partial charge >= 0.3 is 0 Å². The Morgan fingerprint density at radius 2 is 1.97 bits per heavy atom. The number of thiazole rings is 1. The zero-order valence-corrected chi connectivity index (χ0v) is 18.3. The molecule has 1 amide bonds. The first-order valence-corrected chi connectivity index (χ1v) is 11.5. The number of nitrogens with two attached hydrogens (primary N) is 1. The maximum Gasteiger partial charge on any atom is 0.238 e. The average molecular weight is 450 g/mol. The van der Waals surface area contributed by atoms with E-state index in [0.29, 0.717) is 16.3 Å². The lowest BCUT2D eigenvalue weighted by Gasteiger charge is -2.25. The van der Waals surface area contributed by atoms with Gasteiger partial charge in [-0.05, 0) is 30.7 Å². The van der Waals surface area contributed by atoms with Crippen molar-refractivity contribution in [1.29, 1.82) is 0 Å². The van der Waals surface area contributed by atoms with Crippen molar-refractivity contribution < 1.29 is 13.2 Å². The summed E-state index contributed by atoms with van der Waals surface area (Å²) in [6, 6.07) is 13.4. The van der Waals surface area contributed by atoms with Gasteiger partial charge in [0.25, 0.3) is 0 Å². The minimum atomic E-state index is -3.80. The monoisotopic (exact) mass is 449 g/mol. The second-order valence-electron chi connectivity index (χ2n) is 6.60. The molecular formula is C20H20ClN3O3S2. The van der Waals surface area contributed by atoms with Gasteiger partial charge in [-0.1, -0.05) is 41.9 Å². The predicted octanol–water partition coefficient (Wildman–Crippen LogP) is 3.87. The number of hydrogen-bond acceptors (Lipinski definition) is 5. The van der Waals surface area contributed by atoms with Crippen molar-refractivity contribution in [3.05, 3.63) is 70.2 Å². The molecule has 0 fully saturated rings. The molecule has 0 saturated heterocycles. The number of carbonyl (C=O) groups excluding carboxylic acids is 1. The van der Waals surface area contributed by atoms with E-state index in [1.807, 2.05) is 30.5 Å². The highest BCUT2D eigenvalue weighted by molar-refractivity contribution is 7.89. The van der Waals surface area contributed by atoms with Gasteiger partial charge in [0.2, 0.25) is 15.9 Å². The number of primary sulfonamides is 1. The van der Waals surface area contributed by atoms with Crippen LogP contribution < -0.4 is 5.14 Å². The quantitative estimate of drug-likeness (QED) is 0.618. The van der Waals surface area contributed by atoms with Crippen molar-refractivity contribution in [2.45, 2.75) is 24.3 Å². The van der Waals surface area contributed by atoms with Crippen LogP contribution in [-0.2, 0) is 21.2 Å². The molecule has 0 saturated carbocycles. The van der Waals surface area contributed by atoms with Gasteiger partial charge in [0.1, 0.15) is 5.01 Å². The Bertz CT molecular complexity index is 1150. The number of rotatable bonds is 6. The van der Waals surface area contributed by atoms with Crippen LogP contribution >= 0.6 is 22.9 Å². The lowest BCUT2D eigenvalue weighted by molar-refractivity contribution is -0.131. The molecule has 1 atom stereocenters. The van der Waals surface area contributed by atoms with Gasteiger partial charge in [0.15, 0.2) is 0 Å². The van der Waals surface area contributed by atoms with Crippen molar-refractivity contribution >= 4 is 38.9 Å². The number of likely N-dealkylation sites (N-methyl/N-ethyl adjacent to an activating group) is 1. The minimum Gasteiger partial charge on any atom is -0.339 e. The van der Waals surface area contributed by atoms with Gasteiger partial charge in [-0.2, -0.15) is 0 Å². The Hall–Kier alpha value is -2.26. The van der Waals surface area contributed by atoms with Crippen LogP contribution in [0.3, 0.4) is 0 Å². The van der Waals surface area contributed by atoms with E-state index >= 15 is 0 Å². The van der Waals surface area contributed by atoms with Crippen molar-refractivity contribution in [3.63, 3.8) is 0 Å². The molecule has 0 radical (unpaired) electrons. The summed E-state index contributed by atoms with van der Waals surface area (Å²) in [5, 5.41) is 8.41. The van der Waals surface area contributed by atoms with Crippen LogP contribution in [0.1, 0.15) is 24.2 Å². The summed E-state index contributed by atoms with van der Waals surface area (Å²) in [5.74, 6) is -0.130. The number of halogens is 1. The van der Waals surface area contributed by atoms with Crippen LogP contribution in [0, 0.1) is 0 Å². The molecule has 0 aliphatic carbocycles. The van der Waals surface area contributed by atoms with Crippen molar-refractivity contribution in [3.8, 4) is 10.6 Å². The Balaban J connectivity index is 1.74. The van der Waals surface area contributed by atoms with E-state index in [0.717, 1.165) is 10.6 Å². The number of aromatic nitrogens is 1. The smallest absolute Gasteiger partial charge is 0.238 e. The van der Waals surface area contributed by atoms with Crippen LogP contribution in [0.2, 0.25) is 5.02 Å². The van der Waals surface area contributed by atoms with Crippen molar-refractivity contribution in [1.82, 2.24) is 9.88 Å². The van der Waals surface area contributed by atoms with E-state index in [-0.39, 0.29) is 23.3 Å². The summed E-state index contributed by atoms with van der Waals surface area (Å²) in [4.78, 5) is 18.9. The zero-order chi connectivity index (χ0) is 21.2. The zero-order valence-electron chi connectivity index (χ0n) is 15.9. The molecule has 2 N–H and O–H groups in total. The molecule has 0 aliphatic rings. The molecule has 1 aromatic heterocycles. The topological polar surface area (TPSA) is 93.4 Å². The van der Waals surface area contributed by atoms with Crippen LogP contribution in [0.15, 0.2) is 58.8 Å². The van der Waals surface area contributed by atoms with Crippen LogP contribution in [0.4, 0.5) is 0 Å². The number of amides is 1. The molecule has 9 heteroatoms. The summed E-state index contributed by atoms with van der Waals surface area (Å²) in [7, 11) is -2.12. The van der Waals surface area contributed by atoms with Gasteiger partial charge in [-0.25, -0.2) is 18.5 Å². The fourth-order valence-electron chi connectivity index (χ4n) is 2.82. The van der Waals surface area contributed by atoms with E-state index in [9.17, 15) is 13.2 Å². The third-order valence-corrected chi connectivity index (χ3v) is 6.80. The van der Waals surface area contributed by atoms with Crippen LogP contribution in [-0.4, -0.2) is 31.3 Å². The summed E-state index contributed by atoms with van der Waals surface area (Å²) >= 11 is 7.65. The molecule has 3 rings (SSSR count). The molecule has 6 nitrogen and oxygen atoms in total. The van der Waals surface area contributed by atoms with E-state index < -0.39 is 10.0 Å². The van der Waals surface area contributed by atoms with E-state index in [4.69, 9.17) is 16.7 Å². The fraction of sp³-hybridized carbons (Fsp3) is 0.200. The number of benzene rings is 2. The lowest BCUT2D eigenvalue weighted by atomic mass is 10.1. The number of carbonyl (C=O) groups is 1. The normalized spacial score (nSPS) is 12.6. The first-order chi connectivity index (χ1) is 13.7. The maximum atomic E-state index is 12.7. The SMILES string of the molecule is CC(c1cccc(S(N)(=O)=O)c1)N(C)C(=O)Cc1csc(-c2ccccc2Cl)n1. The molecular weight excluding hydrogens is 430 g/mol. The molecule has 29 heavy (non-hydrogen) atoms. The van der Waals surface area contributed by atoms with Crippen LogP contribution in [0.5, 0.6) is 0 Å². The standard InChI is InChI=1S/C20H20ClN3O3S2/c1-13(14-6-5-7-16(10-14)29(22,26)27)24(2)19(25)11-15-12-28-20(23-15)17-8-3-4-9-18(17)21/h3-10,12-13H,11H2,1-2H3,(H2,22,26,27). The molecule has 152 valence electrons. The minimum absolute atomic E-state index is 0.0200. The Labute approximate surface area is 179 Å². The third kappa shape index (κ3) is 5.02. The maximum absolute atomic E-state index is 12.7. The molecule has 3 aromatic rings. The average Bonchev–Trinajstić information content (AvgIpc) is 3.14. The second-order valence-corrected chi connectivity index (χ2v) is 9.43. The third-order valence-electron chi connectivity index (χ3n) is 4.63. The number of nitrogens with zero attached hydrogens (tertiary/aromatic N) is 2. The largest absolute Gasteiger partial charge is 0.339 e. The highest BCUT2D eigenvalue weighted by Gasteiger charge is 2.20. The number of hydrogen-bond donors (Lipinski definition) is 1. The molecule has 1 heterocycles. The molecule has 0 aliphatic heterocycles. The molecule has 0 bridgehead atoms. The molecule has 1 unspecified atom stereocenters. The van der Waals surface area contributed by atoms with Gasteiger partial charge in [0.05, 0.1) is 28.1 Å². The summed E-state index contributed by atoms with van der Waals surface area (Å²) in [5.41, 5.74) is 2.18. The number of sulfonamides is 1. The Morgan fingerprint density at radius 3 is 2.66 bits per heavy atom. The summed E-state index contributed by atoms with van der Waals surface area (Å²) in [6.07, 6.45) is 0.136. The Kier molecular flexibility index (Phi) is 6.38. The summed E-state index contributed by atoms with van der Waals surface area (Å²) in [6.45, 7) is 1.83. The van der Waals surface area contributed by atoms with Gasteiger partial charge in [-0.3, -0.25) is 4.79 Å². The first-order valence-electron chi connectivity index (χ1n) is 8.74. The Morgan fingerprint density at radius 1 is 1.24 bits per heavy atom. The van der Waals surface area contributed by atoms with E-state index in [2.05, 4.69) is 4.98 Å². The second kappa shape index (κ2) is 8.62. The lowest BCUT2D eigenvalue weighted by Crippen LogP contribution is -2.31. The molecule has 0 spiro atoms. The predicted molar refractivity (Wildman–Crippen MR) is 115 cm³/mol. The van der Waals surface area contributed by atoms with E-state index in [1.54, 1.807) is 30.1 Å². The van der Waals surface area contributed by atoms with Gasteiger partial charge in [0, 0.05) is 18.0 Å².